The van der Waals surface area contributed by atoms with Gasteiger partial charge in [-0.25, -0.2) is 0 Å². The molecule has 1 atom stereocenters. The number of hydrogen-bond acceptors (Lipinski definition) is 2. The molecule has 1 heterocycles. The Bertz CT molecular complexity index is 448. The number of benzene rings is 1. The first-order valence-corrected chi connectivity index (χ1v) is 8.06. The lowest BCUT2D eigenvalue weighted by Gasteiger charge is -2.45. The maximum Gasteiger partial charge on any atom is 0.0233 e. The van der Waals surface area contributed by atoms with Gasteiger partial charge in [0.05, 0.1) is 0 Å². The molecule has 20 heavy (non-hydrogen) atoms. The highest BCUT2D eigenvalue weighted by molar-refractivity contribution is 5.15. The summed E-state index contributed by atoms with van der Waals surface area (Å²) in [6.45, 7) is 8.33. The van der Waals surface area contributed by atoms with Gasteiger partial charge in [0.25, 0.3) is 0 Å². The van der Waals surface area contributed by atoms with Crippen LogP contribution in [-0.4, -0.2) is 23.5 Å². The normalized spacial score (nSPS) is 26.4. The second-order valence-corrected chi connectivity index (χ2v) is 7.44. The van der Waals surface area contributed by atoms with E-state index in [-0.39, 0.29) is 11.0 Å². The Morgan fingerprint density at radius 1 is 1.25 bits per heavy atom. The minimum Gasteiger partial charge on any atom is -0.325 e. The minimum atomic E-state index is 0.118. The Morgan fingerprint density at radius 2 is 1.95 bits per heavy atom. The molecule has 2 aliphatic rings. The number of piperidine rings is 1. The number of nitrogens with zero attached hydrogens (tertiary/aromatic N) is 1. The molecular weight excluding hydrogens is 244 g/mol. The van der Waals surface area contributed by atoms with Gasteiger partial charge < -0.3 is 5.73 Å². The van der Waals surface area contributed by atoms with Crippen LogP contribution in [0.3, 0.4) is 0 Å². The van der Waals surface area contributed by atoms with Crippen molar-refractivity contribution in [2.75, 3.05) is 13.1 Å². The van der Waals surface area contributed by atoms with Crippen molar-refractivity contribution < 1.29 is 0 Å². The predicted octanol–water partition coefficient (Wildman–Crippen LogP) is 3.42. The molecule has 1 aromatic carbocycles. The van der Waals surface area contributed by atoms with Crippen LogP contribution in [0.2, 0.25) is 0 Å². The summed E-state index contributed by atoms with van der Waals surface area (Å²) in [5.74, 6) is 0.743. The van der Waals surface area contributed by atoms with E-state index < -0.39 is 0 Å². The van der Waals surface area contributed by atoms with E-state index in [0.717, 1.165) is 12.5 Å². The van der Waals surface area contributed by atoms with Crippen LogP contribution in [-0.2, 0) is 6.54 Å². The Kier molecular flexibility index (Phi) is 3.64. The molecule has 0 spiro atoms. The lowest BCUT2D eigenvalue weighted by molar-refractivity contribution is 0.0581. The van der Waals surface area contributed by atoms with E-state index in [1.165, 1.54) is 44.3 Å². The van der Waals surface area contributed by atoms with Crippen LogP contribution >= 0.6 is 0 Å². The van der Waals surface area contributed by atoms with Gasteiger partial charge in [-0.2, -0.15) is 0 Å². The van der Waals surface area contributed by atoms with Crippen molar-refractivity contribution in [3.63, 3.8) is 0 Å². The van der Waals surface area contributed by atoms with E-state index in [1.54, 1.807) is 0 Å². The zero-order valence-corrected chi connectivity index (χ0v) is 12.9. The summed E-state index contributed by atoms with van der Waals surface area (Å²) in [5, 5.41) is 0. The van der Waals surface area contributed by atoms with E-state index in [1.807, 2.05) is 0 Å². The molecule has 1 unspecified atom stereocenters. The first-order chi connectivity index (χ1) is 9.51. The summed E-state index contributed by atoms with van der Waals surface area (Å²) < 4.78 is 0. The van der Waals surface area contributed by atoms with Crippen molar-refractivity contribution in [1.29, 1.82) is 0 Å². The van der Waals surface area contributed by atoms with Gasteiger partial charge in [-0.15, -0.1) is 0 Å². The van der Waals surface area contributed by atoms with E-state index in [9.17, 15) is 0 Å². The van der Waals surface area contributed by atoms with E-state index in [2.05, 4.69) is 49.1 Å². The lowest BCUT2D eigenvalue weighted by Crippen LogP contribution is -2.50. The average molecular weight is 272 g/mol. The molecule has 0 amide bonds. The molecule has 1 aromatic rings. The highest BCUT2D eigenvalue weighted by Crippen LogP contribution is 2.53. The largest absolute Gasteiger partial charge is 0.325 e. The lowest BCUT2D eigenvalue weighted by atomic mass is 9.68. The van der Waals surface area contributed by atoms with Gasteiger partial charge in [-0.05, 0) is 49.1 Å². The van der Waals surface area contributed by atoms with Crippen LogP contribution in [0.25, 0.3) is 0 Å². The van der Waals surface area contributed by atoms with Gasteiger partial charge in [-0.1, -0.05) is 44.2 Å². The molecule has 2 N–H and O–H groups in total. The molecule has 0 aromatic heterocycles. The third-order valence-corrected chi connectivity index (χ3v) is 5.85. The minimum absolute atomic E-state index is 0.118. The van der Waals surface area contributed by atoms with Crippen LogP contribution in [0, 0.1) is 11.3 Å². The van der Waals surface area contributed by atoms with Crippen molar-refractivity contribution in [3.8, 4) is 0 Å². The number of nitrogens with two attached hydrogens (primary N) is 1. The summed E-state index contributed by atoms with van der Waals surface area (Å²) in [6.07, 6.45) is 5.10. The Balaban J connectivity index is 1.65. The second kappa shape index (κ2) is 5.16. The maximum absolute atomic E-state index is 6.53. The van der Waals surface area contributed by atoms with Crippen molar-refractivity contribution >= 4 is 0 Å². The zero-order valence-electron chi connectivity index (χ0n) is 12.9. The fraction of sp³-hybridized carbons (Fsp3) is 0.667. The molecule has 1 saturated heterocycles. The van der Waals surface area contributed by atoms with E-state index in [4.69, 9.17) is 5.73 Å². The van der Waals surface area contributed by atoms with Crippen LogP contribution in [0.5, 0.6) is 0 Å². The summed E-state index contributed by atoms with van der Waals surface area (Å²) in [5.41, 5.74) is 8.36. The second-order valence-electron chi connectivity index (χ2n) is 7.44. The Labute approximate surface area is 123 Å². The molecule has 110 valence electrons. The van der Waals surface area contributed by atoms with Gasteiger partial charge in [0.15, 0.2) is 0 Å². The van der Waals surface area contributed by atoms with Crippen LogP contribution < -0.4 is 5.73 Å². The highest BCUT2D eigenvalue weighted by atomic mass is 15.1. The summed E-state index contributed by atoms with van der Waals surface area (Å²) in [7, 11) is 0. The van der Waals surface area contributed by atoms with Gasteiger partial charge in [0.2, 0.25) is 0 Å². The highest BCUT2D eigenvalue weighted by Gasteiger charge is 2.54. The summed E-state index contributed by atoms with van der Waals surface area (Å²) in [6, 6.07) is 10.8. The average Bonchev–Trinajstić information content (AvgIpc) is 3.20. The predicted molar refractivity (Wildman–Crippen MR) is 84.4 cm³/mol. The molecule has 2 heteroatoms. The molecule has 3 rings (SSSR count). The first kappa shape index (κ1) is 14.1. The third kappa shape index (κ3) is 2.64. The summed E-state index contributed by atoms with van der Waals surface area (Å²) in [4.78, 5) is 2.62. The van der Waals surface area contributed by atoms with Crippen molar-refractivity contribution in [2.24, 2.45) is 17.1 Å². The third-order valence-electron chi connectivity index (χ3n) is 5.85. The van der Waals surface area contributed by atoms with Crippen molar-refractivity contribution in [1.82, 2.24) is 4.90 Å². The first-order valence-electron chi connectivity index (χ1n) is 8.06. The quantitative estimate of drug-likeness (QED) is 0.910. The van der Waals surface area contributed by atoms with Crippen molar-refractivity contribution in [2.45, 2.75) is 51.6 Å². The SMILES string of the molecule is CC(C)(C1CCCN(Cc2ccccc2)C1)C1(N)CC1. The monoisotopic (exact) mass is 272 g/mol. The number of likely N-dealkylation sites (tertiary alicyclic amines) is 1. The molecular formula is C18H28N2. The maximum atomic E-state index is 6.53. The molecule has 2 fully saturated rings. The molecule has 2 nitrogen and oxygen atoms in total. The zero-order chi connectivity index (χ0) is 14.2. The standard InChI is InChI=1S/C18H28N2/c1-17(2,18(19)10-11-18)16-9-6-12-20(14-16)13-15-7-4-3-5-8-15/h3-5,7-8,16H,6,9-14,19H2,1-2H3. The van der Waals surface area contributed by atoms with Crippen LogP contribution in [0.1, 0.15) is 45.1 Å². The number of hydrogen-bond donors (Lipinski definition) is 1. The topological polar surface area (TPSA) is 29.3 Å². The Morgan fingerprint density at radius 3 is 2.60 bits per heavy atom. The molecule has 1 aliphatic heterocycles. The van der Waals surface area contributed by atoms with E-state index >= 15 is 0 Å². The fourth-order valence-electron chi connectivity index (χ4n) is 3.82. The molecule has 0 bridgehead atoms. The van der Waals surface area contributed by atoms with E-state index in [0.29, 0.717) is 0 Å². The van der Waals surface area contributed by atoms with Crippen LogP contribution in [0.4, 0.5) is 0 Å². The van der Waals surface area contributed by atoms with Crippen LogP contribution in [0.15, 0.2) is 30.3 Å². The number of rotatable bonds is 4. The van der Waals surface area contributed by atoms with Gasteiger partial charge in [0, 0.05) is 18.6 Å². The summed E-state index contributed by atoms with van der Waals surface area (Å²) >= 11 is 0. The van der Waals surface area contributed by atoms with Crippen molar-refractivity contribution in [3.05, 3.63) is 35.9 Å². The molecule has 1 aliphatic carbocycles. The van der Waals surface area contributed by atoms with Gasteiger partial charge in [0.1, 0.15) is 0 Å². The van der Waals surface area contributed by atoms with Gasteiger partial charge >= 0.3 is 0 Å². The Hall–Kier alpha value is -0.860. The molecule has 0 radical (unpaired) electrons. The fourth-order valence-corrected chi connectivity index (χ4v) is 3.82. The van der Waals surface area contributed by atoms with Gasteiger partial charge in [-0.3, -0.25) is 4.90 Å². The smallest absolute Gasteiger partial charge is 0.0233 e. The molecule has 1 saturated carbocycles.